The first-order valence-corrected chi connectivity index (χ1v) is 6.48. The maximum Gasteiger partial charge on any atom is 0.0544 e. The summed E-state index contributed by atoms with van der Waals surface area (Å²) in [5.74, 6) is 0. The fraction of sp³-hybridized carbons (Fsp3) is 0.375. The van der Waals surface area contributed by atoms with Gasteiger partial charge in [-0.15, -0.1) is 0 Å². The molecule has 0 spiro atoms. The maximum absolute atomic E-state index is 4.43. The molecule has 19 heavy (non-hydrogen) atoms. The highest BCUT2D eigenvalue weighted by molar-refractivity contribution is 5.87. The standard InChI is InChI=1S/C16H23N3/c1-6-7-10-17-14(3)15(4)19(5)12-16-9-8-13(2)11-18-16/h6-11,15H,1,12H2,2-5H3/b10-7-,17-14?/t15-/m1/s1. The van der Waals surface area contributed by atoms with Gasteiger partial charge in [0.15, 0.2) is 0 Å². The fourth-order valence-corrected chi connectivity index (χ4v) is 1.63. The summed E-state index contributed by atoms with van der Waals surface area (Å²) in [5, 5.41) is 0. The minimum Gasteiger partial charge on any atom is -0.293 e. The Balaban J connectivity index is 2.63. The number of aliphatic imine (C=N–C) groups is 1. The Hall–Kier alpha value is -1.74. The second-order valence-corrected chi connectivity index (χ2v) is 4.77. The van der Waals surface area contributed by atoms with Crippen LogP contribution in [0.15, 0.2) is 48.3 Å². The summed E-state index contributed by atoms with van der Waals surface area (Å²) in [5.41, 5.74) is 3.34. The number of hydrogen-bond donors (Lipinski definition) is 0. The number of hydrogen-bond acceptors (Lipinski definition) is 3. The van der Waals surface area contributed by atoms with Gasteiger partial charge in [-0.3, -0.25) is 14.9 Å². The molecule has 0 aliphatic heterocycles. The lowest BCUT2D eigenvalue weighted by molar-refractivity contribution is 0.299. The summed E-state index contributed by atoms with van der Waals surface area (Å²) in [6.45, 7) is 10.7. The van der Waals surface area contributed by atoms with Gasteiger partial charge >= 0.3 is 0 Å². The van der Waals surface area contributed by atoms with E-state index in [2.05, 4.69) is 47.6 Å². The van der Waals surface area contributed by atoms with Gasteiger partial charge in [0.25, 0.3) is 0 Å². The molecule has 0 N–H and O–H groups in total. The monoisotopic (exact) mass is 257 g/mol. The molecule has 0 saturated carbocycles. The molecular formula is C16H23N3. The van der Waals surface area contributed by atoms with E-state index in [-0.39, 0.29) is 6.04 Å². The maximum atomic E-state index is 4.43. The highest BCUT2D eigenvalue weighted by Gasteiger charge is 2.12. The molecule has 0 aromatic carbocycles. The number of allylic oxidation sites excluding steroid dienone is 2. The Labute approximate surface area is 116 Å². The number of nitrogens with zero attached hydrogens (tertiary/aromatic N) is 3. The van der Waals surface area contributed by atoms with Crippen molar-refractivity contribution in [3.8, 4) is 0 Å². The molecule has 0 radical (unpaired) electrons. The Morgan fingerprint density at radius 2 is 2.26 bits per heavy atom. The summed E-state index contributed by atoms with van der Waals surface area (Å²) in [6, 6.07) is 4.44. The van der Waals surface area contributed by atoms with Gasteiger partial charge in [-0.1, -0.05) is 18.7 Å². The lowest BCUT2D eigenvalue weighted by Crippen LogP contribution is -2.34. The van der Waals surface area contributed by atoms with Gasteiger partial charge in [0.1, 0.15) is 0 Å². The van der Waals surface area contributed by atoms with Crippen LogP contribution in [0.25, 0.3) is 0 Å². The van der Waals surface area contributed by atoms with E-state index < -0.39 is 0 Å². The van der Waals surface area contributed by atoms with Crippen LogP contribution in [0, 0.1) is 6.92 Å². The van der Waals surface area contributed by atoms with Crippen LogP contribution in [-0.4, -0.2) is 28.7 Å². The van der Waals surface area contributed by atoms with Crippen LogP contribution in [0.4, 0.5) is 0 Å². The lowest BCUT2D eigenvalue weighted by Gasteiger charge is -2.24. The van der Waals surface area contributed by atoms with E-state index >= 15 is 0 Å². The van der Waals surface area contributed by atoms with Crippen LogP contribution in [-0.2, 0) is 6.54 Å². The molecule has 0 aliphatic carbocycles. The van der Waals surface area contributed by atoms with Crippen LogP contribution in [0.3, 0.4) is 0 Å². The van der Waals surface area contributed by atoms with Crippen molar-refractivity contribution in [3.63, 3.8) is 0 Å². The number of aromatic nitrogens is 1. The van der Waals surface area contributed by atoms with Crippen molar-refractivity contribution in [1.29, 1.82) is 0 Å². The van der Waals surface area contributed by atoms with Gasteiger partial charge in [0.2, 0.25) is 0 Å². The second kappa shape index (κ2) is 7.64. The molecule has 1 heterocycles. The first-order chi connectivity index (χ1) is 9.04. The van der Waals surface area contributed by atoms with Crippen molar-refractivity contribution < 1.29 is 0 Å². The third-order valence-electron chi connectivity index (χ3n) is 3.15. The molecule has 0 saturated heterocycles. The molecule has 0 amide bonds. The van der Waals surface area contributed by atoms with Gasteiger partial charge in [0, 0.05) is 30.7 Å². The van der Waals surface area contributed by atoms with Gasteiger partial charge in [-0.2, -0.15) is 0 Å². The van der Waals surface area contributed by atoms with E-state index in [1.54, 1.807) is 12.3 Å². The molecule has 3 heteroatoms. The summed E-state index contributed by atoms with van der Waals surface area (Å²) < 4.78 is 0. The Morgan fingerprint density at radius 1 is 1.53 bits per heavy atom. The molecule has 1 aromatic heterocycles. The quantitative estimate of drug-likeness (QED) is 0.577. The van der Waals surface area contributed by atoms with Crippen molar-refractivity contribution >= 4 is 5.71 Å². The third kappa shape index (κ3) is 5.18. The second-order valence-electron chi connectivity index (χ2n) is 4.77. The van der Waals surface area contributed by atoms with Gasteiger partial charge < -0.3 is 0 Å². The molecule has 0 unspecified atom stereocenters. The fourth-order valence-electron chi connectivity index (χ4n) is 1.63. The zero-order valence-electron chi connectivity index (χ0n) is 12.3. The average molecular weight is 257 g/mol. The molecule has 0 bridgehead atoms. The normalized spacial score (nSPS) is 14.1. The van der Waals surface area contributed by atoms with E-state index in [0.717, 1.165) is 18.0 Å². The molecule has 1 aromatic rings. The molecule has 102 valence electrons. The lowest BCUT2D eigenvalue weighted by atomic mass is 10.2. The van der Waals surface area contributed by atoms with Gasteiger partial charge in [-0.05, 0) is 45.5 Å². The van der Waals surface area contributed by atoms with E-state index in [0.29, 0.717) is 0 Å². The Bertz CT molecular complexity index is 457. The Kier molecular flexibility index (Phi) is 6.16. The van der Waals surface area contributed by atoms with Crippen molar-refractivity contribution in [2.75, 3.05) is 7.05 Å². The molecular weight excluding hydrogens is 234 g/mol. The van der Waals surface area contributed by atoms with Gasteiger partial charge in [-0.25, -0.2) is 0 Å². The summed E-state index contributed by atoms with van der Waals surface area (Å²) in [7, 11) is 2.09. The topological polar surface area (TPSA) is 28.5 Å². The predicted octanol–water partition coefficient (Wildman–Crippen LogP) is 3.37. The molecule has 1 rings (SSSR count). The smallest absolute Gasteiger partial charge is 0.0544 e. The van der Waals surface area contributed by atoms with Crippen molar-refractivity contribution in [2.45, 2.75) is 33.4 Å². The van der Waals surface area contributed by atoms with Crippen LogP contribution in [0.5, 0.6) is 0 Å². The first kappa shape index (κ1) is 15.3. The van der Waals surface area contributed by atoms with E-state index in [1.165, 1.54) is 5.56 Å². The molecule has 3 nitrogen and oxygen atoms in total. The highest BCUT2D eigenvalue weighted by Crippen LogP contribution is 2.06. The number of pyridine rings is 1. The van der Waals surface area contributed by atoms with E-state index in [9.17, 15) is 0 Å². The minimum absolute atomic E-state index is 0.276. The van der Waals surface area contributed by atoms with E-state index in [1.807, 2.05) is 26.1 Å². The van der Waals surface area contributed by atoms with Crippen LogP contribution < -0.4 is 0 Å². The summed E-state index contributed by atoms with van der Waals surface area (Å²) >= 11 is 0. The SMILES string of the molecule is C=C/C=C\N=C(C)[C@@H](C)N(C)Cc1ccc(C)cn1. The zero-order chi connectivity index (χ0) is 14.3. The van der Waals surface area contributed by atoms with Crippen molar-refractivity contribution in [1.82, 2.24) is 9.88 Å². The molecule has 1 atom stereocenters. The molecule has 0 fully saturated rings. The Morgan fingerprint density at radius 3 is 2.84 bits per heavy atom. The van der Waals surface area contributed by atoms with Crippen molar-refractivity contribution in [2.24, 2.45) is 4.99 Å². The summed E-state index contributed by atoms with van der Waals surface area (Å²) in [4.78, 5) is 11.1. The molecule has 0 aliphatic rings. The van der Waals surface area contributed by atoms with Gasteiger partial charge in [0.05, 0.1) is 5.69 Å². The summed E-state index contributed by atoms with van der Waals surface area (Å²) in [6.07, 6.45) is 7.23. The first-order valence-electron chi connectivity index (χ1n) is 6.48. The van der Waals surface area contributed by atoms with E-state index in [4.69, 9.17) is 0 Å². The largest absolute Gasteiger partial charge is 0.293 e. The van der Waals surface area contributed by atoms with Crippen LogP contribution >= 0.6 is 0 Å². The highest BCUT2D eigenvalue weighted by atomic mass is 15.1. The number of rotatable bonds is 6. The predicted molar refractivity (Wildman–Crippen MR) is 82.3 cm³/mol. The van der Waals surface area contributed by atoms with Crippen molar-refractivity contribution in [3.05, 3.63) is 54.5 Å². The number of aryl methyl sites for hydroxylation is 1. The van der Waals surface area contributed by atoms with Crippen LogP contribution in [0.2, 0.25) is 0 Å². The zero-order valence-corrected chi connectivity index (χ0v) is 12.3. The average Bonchev–Trinajstić information content (AvgIpc) is 2.40. The van der Waals surface area contributed by atoms with Crippen LogP contribution in [0.1, 0.15) is 25.1 Å². The minimum atomic E-state index is 0.276. The third-order valence-corrected chi connectivity index (χ3v) is 3.15.